The van der Waals surface area contributed by atoms with Crippen LogP contribution in [0.1, 0.15) is 45.4 Å². The second-order valence-electron chi connectivity index (χ2n) is 10.1. The van der Waals surface area contributed by atoms with Crippen molar-refractivity contribution in [2.75, 3.05) is 138 Å². The van der Waals surface area contributed by atoms with Crippen molar-refractivity contribution in [3.05, 3.63) is 0 Å². The van der Waals surface area contributed by atoms with Crippen molar-refractivity contribution >= 4 is 79.1 Å². The quantitative estimate of drug-likeness (QED) is 0.0477. The van der Waals surface area contributed by atoms with E-state index in [2.05, 4.69) is 43.2 Å². The Morgan fingerprint density at radius 3 is 1.11 bits per heavy atom. The first-order valence-corrected chi connectivity index (χ1v) is 21.8. The van der Waals surface area contributed by atoms with E-state index >= 15 is 0 Å². The number of amides is 1. The maximum Gasteiger partial charge on any atom is 0.226 e. The van der Waals surface area contributed by atoms with Gasteiger partial charge in [0.05, 0.1) is 79.3 Å². The minimum absolute atomic E-state index is 0.226. The van der Waals surface area contributed by atoms with Crippen LogP contribution in [-0.4, -0.2) is 144 Å². The minimum Gasteiger partial charge on any atom is -0.378 e. The molecule has 0 aromatic rings. The van der Waals surface area contributed by atoms with Crippen LogP contribution >= 0.6 is 73.2 Å². The van der Waals surface area contributed by atoms with Crippen molar-refractivity contribution in [2.45, 2.75) is 45.4 Å². The number of ether oxygens (including phenoxy) is 6. The third-order valence-corrected chi connectivity index (χ3v) is 10.2. The predicted octanol–water partition coefficient (Wildman–Crippen LogP) is 5.54. The third-order valence-electron chi connectivity index (χ3n) is 6.59. The highest BCUT2D eigenvalue weighted by atomic mass is 32.2. The first-order valence-electron chi connectivity index (χ1n) is 16.5. The van der Waals surface area contributed by atoms with E-state index in [1.165, 1.54) is 0 Å². The summed E-state index contributed by atoms with van der Waals surface area (Å²) in [7, 11) is 0. The van der Waals surface area contributed by atoms with Gasteiger partial charge in [-0.3, -0.25) is 4.79 Å². The van der Waals surface area contributed by atoms with E-state index < -0.39 is 0 Å². The van der Waals surface area contributed by atoms with E-state index in [1.54, 1.807) is 0 Å². The van der Waals surface area contributed by atoms with Gasteiger partial charge in [0.1, 0.15) is 0 Å². The molecule has 8 nitrogen and oxygen atoms in total. The summed E-state index contributed by atoms with van der Waals surface area (Å²) in [5, 5.41) is 3.19. The molecule has 1 N–H and O–H groups in total. The molecule has 0 saturated carbocycles. The fourth-order valence-electron chi connectivity index (χ4n) is 4.42. The Kier molecular flexibility index (Phi) is 39.3. The van der Waals surface area contributed by atoms with Crippen LogP contribution in [-0.2, 0) is 33.2 Å². The highest BCUT2D eigenvalue weighted by Gasteiger charge is 2.36. The van der Waals surface area contributed by atoms with Crippen LogP contribution in [0.3, 0.4) is 0 Å². The van der Waals surface area contributed by atoms with Crippen molar-refractivity contribution in [3.8, 4) is 0 Å². The van der Waals surface area contributed by atoms with Crippen LogP contribution in [0.2, 0.25) is 0 Å². The zero-order valence-corrected chi connectivity index (χ0v) is 32.9. The van der Waals surface area contributed by atoms with E-state index in [-0.39, 0.29) is 11.3 Å². The molecule has 14 heteroatoms. The fraction of sp³-hybridized carbons (Fsp3) is 0.968. The maximum absolute atomic E-state index is 13.6. The highest BCUT2D eigenvalue weighted by molar-refractivity contribution is 7.99. The number of carbonyl (C=O) groups is 1. The summed E-state index contributed by atoms with van der Waals surface area (Å²) in [4.78, 5) is 13.6. The van der Waals surface area contributed by atoms with Crippen molar-refractivity contribution in [3.63, 3.8) is 0 Å². The molecular formula is C31H63NO7S6. The van der Waals surface area contributed by atoms with Crippen LogP contribution in [0.25, 0.3) is 0 Å². The molecule has 1 amide bonds. The smallest absolute Gasteiger partial charge is 0.226 e. The van der Waals surface area contributed by atoms with Gasteiger partial charge in [-0.1, -0.05) is 0 Å². The topological polar surface area (TPSA) is 84.5 Å². The monoisotopic (exact) mass is 753 g/mol. The molecule has 0 aliphatic rings. The number of hydrogen-bond donors (Lipinski definition) is 4. The lowest BCUT2D eigenvalue weighted by Crippen LogP contribution is -2.41. The number of carbonyl (C=O) groups excluding carboxylic acids is 1. The van der Waals surface area contributed by atoms with Crippen LogP contribution in [0.5, 0.6) is 0 Å². The van der Waals surface area contributed by atoms with Crippen LogP contribution < -0.4 is 5.32 Å². The summed E-state index contributed by atoms with van der Waals surface area (Å²) in [6, 6.07) is 0. The number of rotatable bonds is 38. The Morgan fingerprint density at radius 2 is 0.822 bits per heavy atom. The summed E-state index contributed by atoms with van der Waals surface area (Å²) < 4.78 is 33.2. The van der Waals surface area contributed by atoms with Gasteiger partial charge in [-0.15, -0.1) is 0 Å². The molecule has 0 spiro atoms. The molecule has 0 aromatic carbocycles. The summed E-state index contributed by atoms with van der Waals surface area (Å²) in [6.45, 7) is 10.6. The van der Waals surface area contributed by atoms with Gasteiger partial charge in [-0.2, -0.15) is 73.2 Å². The van der Waals surface area contributed by atoms with Gasteiger partial charge >= 0.3 is 0 Å². The fourth-order valence-corrected chi connectivity index (χ4v) is 7.17. The third kappa shape index (κ3) is 31.1. The van der Waals surface area contributed by atoms with Crippen molar-refractivity contribution < 1.29 is 33.2 Å². The standard InChI is InChI=1S/C31H63NO7S6/c1-2-32-30(33)31(6-3-24-43-27-18-37-12-9-34-15-21-40,7-4-25-44-28-19-38-13-10-35-16-22-41)8-5-26-45-29-20-39-14-11-36-17-23-42/h40-42H,2-29H2,1H3,(H,32,33). The van der Waals surface area contributed by atoms with Crippen molar-refractivity contribution in [2.24, 2.45) is 5.41 Å². The Morgan fingerprint density at radius 1 is 0.511 bits per heavy atom. The van der Waals surface area contributed by atoms with E-state index in [1.807, 2.05) is 42.2 Å². The van der Waals surface area contributed by atoms with E-state index in [0.717, 1.165) is 110 Å². The molecular weight excluding hydrogens is 691 g/mol. The zero-order chi connectivity index (χ0) is 32.9. The largest absolute Gasteiger partial charge is 0.378 e. The van der Waals surface area contributed by atoms with Crippen LogP contribution in [0, 0.1) is 5.41 Å². The molecule has 0 aromatic heterocycles. The molecule has 0 aliphatic heterocycles. The number of hydrogen-bond acceptors (Lipinski definition) is 13. The van der Waals surface area contributed by atoms with Gasteiger partial charge in [0.2, 0.25) is 5.91 Å². The molecule has 0 fully saturated rings. The SMILES string of the molecule is CCNC(=O)C(CCCSCCOCCOCCS)(CCCSCCOCCOCCS)CCCSCCOCCOCCS. The average molecular weight is 754 g/mol. The molecule has 0 heterocycles. The summed E-state index contributed by atoms with van der Waals surface area (Å²) in [5.74, 6) is 8.41. The summed E-state index contributed by atoms with van der Waals surface area (Å²) in [6.07, 6.45) is 5.84. The summed E-state index contributed by atoms with van der Waals surface area (Å²) in [5.41, 5.74) is -0.319. The highest BCUT2D eigenvalue weighted by Crippen LogP contribution is 2.37. The van der Waals surface area contributed by atoms with Crippen LogP contribution in [0.15, 0.2) is 0 Å². The average Bonchev–Trinajstić information content (AvgIpc) is 3.04. The Labute approximate surface area is 304 Å². The molecule has 270 valence electrons. The van der Waals surface area contributed by atoms with Gasteiger partial charge in [-0.05, 0) is 62.7 Å². The van der Waals surface area contributed by atoms with Crippen molar-refractivity contribution in [1.29, 1.82) is 0 Å². The molecule has 0 saturated heterocycles. The number of thioether (sulfide) groups is 3. The van der Waals surface area contributed by atoms with Gasteiger partial charge in [-0.25, -0.2) is 0 Å². The van der Waals surface area contributed by atoms with Gasteiger partial charge in [0, 0.05) is 46.5 Å². The molecule has 0 unspecified atom stereocenters. The van der Waals surface area contributed by atoms with E-state index in [0.29, 0.717) is 66.0 Å². The normalized spacial score (nSPS) is 11.8. The second-order valence-corrected chi connectivity index (χ2v) is 15.1. The van der Waals surface area contributed by atoms with Gasteiger partial charge in [0.25, 0.3) is 0 Å². The van der Waals surface area contributed by atoms with Crippen LogP contribution in [0.4, 0.5) is 0 Å². The second kappa shape index (κ2) is 38.1. The number of nitrogens with one attached hydrogen (secondary N) is 1. The lowest BCUT2D eigenvalue weighted by Gasteiger charge is -2.33. The predicted molar refractivity (Wildman–Crippen MR) is 207 cm³/mol. The first-order chi connectivity index (χ1) is 22.2. The maximum atomic E-state index is 13.6. The number of thiol groups is 3. The van der Waals surface area contributed by atoms with E-state index in [9.17, 15) is 4.79 Å². The lowest BCUT2D eigenvalue weighted by molar-refractivity contribution is -0.132. The van der Waals surface area contributed by atoms with Gasteiger partial charge in [0.15, 0.2) is 0 Å². The lowest BCUT2D eigenvalue weighted by atomic mass is 9.74. The Hall–Kier alpha value is 1.33. The van der Waals surface area contributed by atoms with Gasteiger partial charge < -0.3 is 33.7 Å². The first kappa shape index (κ1) is 46.3. The Bertz CT molecular complexity index is 552. The van der Waals surface area contributed by atoms with Crippen molar-refractivity contribution in [1.82, 2.24) is 5.32 Å². The molecule has 0 atom stereocenters. The molecule has 0 radical (unpaired) electrons. The van der Waals surface area contributed by atoms with E-state index in [4.69, 9.17) is 28.4 Å². The summed E-state index contributed by atoms with van der Waals surface area (Å²) >= 11 is 18.1. The molecule has 0 rings (SSSR count). The minimum atomic E-state index is -0.319. The zero-order valence-electron chi connectivity index (χ0n) is 27.7. The molecule has 45 heavy (non-hydrogen) atoms. The molecule has 0 aliphatic carbocycles. The Balaban J connectivity index is 4.63. The molecule has 0 bridgehead atoms.